The highest BCUT2D eigenvalue weighted by atomic mass is 16.5. The zero-order valence-corrected chi connectivity index (χ0v) is 13.7. The molecule has 2 N–H and O–H groups in total. The van der Waals surface area contributed by atoms with Crippen LogP contribution >= 0.6 is 0 Å². The number of Topliss-reactive ketones (excluding diaryl/α,β-unsaturated/α-hetero) is 1. The SMILES string of the molecule is N/N=C(/C(=O)c1cccnc1)c1ccc(OC(=O)c2ccccc2)cc1. The number of hydrogen-bond acceptors (Lipinski definition) is 6. The summed E-state index contributed by atoms with van der Waals surface area (Å²) in [7, 11) is 0. The Balaban J connectivity index is 1.76. The van der Waals surface area contributed by atoms with Gasteiger partial charge in [-0.25, -0.2) is 4.79 Å². The van der Waals surface area contributed by atoms with Gasteiger partial charge in [-0.15, -0.1) is 0 Å². The molecule has 0 fully saturated rings. The van der Waals surface area contributed by atoms with Gasteiger partial charge in [0.2, 0.25) is 5.78 Å². The molecule has 0 atom stereocenters. The molecule has 0 aliphatic heterocycles. The summed E-state index contributed by atoms with van der Waals surface area (Å²) in [6.07, 6.45) is 3.02. The van der Waals surface area contributed by atoms with Gasteiger partial charge in [0.1, 0.15) is 11.5 Å². The second kappa shape index (κ2) is 7.85. The predicted octanol–water partition coefficient (Wildman–Crippen LogP) is 2.85. The van der Waals surface area contributed by atoms with E-state index in [0.717, 1.165) is 0 Å². The number of hydrogen-bond donors (Lipinski definition) is 1. The number of benzene rings is 2. The normalized spacial score (nSPS) is 11.0. The van der Waals surface area contributed by atoms with Crippen LogP contribution in [0.2, 0.25) is 0 Å². The summed E-state index contributed by atoms with van der Waals surface area (Å²) in [4.78, 5) is 28.5. The van der Waals surface area contributed by atoms with Gasteiger partial charge in [-0.05, 0) is 48.5 Å². The average molecular weight is 345 g/mol. The van der Waals surface area contributed by atoms with E-state index < -0.39 is 5.97 Å². The summed E-state index contributed by atoms with van der Waals surface area (Å²) in [5, 5.41) is 3.60. The molecule has 26 heavy (non-hydrogen) atoms. The van der Waals surface area contributed by atoms with Crippen LogP contribution in [-0.2, 0) is 0 Å². The van der Waals surface area contributed by atoms with Crippen LogP contribution in [0.15, 0.2) is 84.2 Å². The van der Waals surface area contributed by atoms with Crippen molar-refractivity contribution in [1.29, 1.82) is 0 Å². The third-order valence-electron chi connectivity index (χ3n) is 3.62. The summed E-state index contributed by atoms with van der Waals surface area (Å²) in [5.41, 5.74) is 1.45. The molecule has 0 radical (unpaired) electrons. The van der Waals surface area contributed by atoms with Crippen LogP contribution in [0.1, 0.15) is 26.3 Å². The zero-order valence-electron chi connectivity index (χ0n) is 13.7. The maximum absolute atomic E-state index is 12.5. The average Bonchev–Trinajstić information content (AvgIpc) is 2.71. The Labute approximate surface area is 150 Å². The van der Waals surface area contributed by atoms with Crippen molar-refractivity contribution in [3.8, 4) is 5.75 Å². The molecule has 0 aliphatic rings. The largest absolute Gasteiger partial charge is 0.423 e. The predicted molar refractivity (Wildman–Crippen MR) is 97.1 cm³/mol. The van der Waals surface area contributed by atoms with Gasteiger partial charge in [-0.1, -0.05) is 18.2 Å². The fourth-order valence-electron chi connectivity index (χ4n) is 2.32. The summed E-state index contributed by atoms with van der Waals surface area (Å²) in [6, 6.07) is 18.4. The first-order valence-corrected chi connectivity index (χ1v) is 7.79. The Morgan fingerprint density at radius 1 is 0.846 bits per heavy atom. The quantitative estimate of drug-likeness (QED) is 0.192. The molecule has 1 aromatic heterocycles. The fraction of sp³-hybridized carbons (Fsp3) is 0. The highest BCUT2D eigenvalue weighted by Gasteiger charge is 2.17. The van der Waals surface area contributed by atoms with E-state index in [0.29, 0.717) is 22.4 Å². The lowest BCUT2D eigenvalue weighted by atomic mass is 10.0. The van der Waals surface area contributed by atoms with Gasteiger partial charge >= 0.3 is 5.97 Å². The van der Waals surface area contributed by atoms with Crippen molar-refractivity contribution in [3.63, 3.8) is 0 Å². The van der Waals surface area contributed by atoms with Gasteiger partial charge in [0.25, 0.3) is 0 Å². The van der Waals surface area contributed by atoms with Gasteiger partial charge < -0.3 is 10.6 Å². The van der Waals surface area contributed by atoms with Gasteiger partial charge in [0, 0.05) is 23.5 Å². The molecular weight excluding hydrogens is 330 g/mol. The smallest absolute Gasteiger partial charge is 0.343 e. The number of aromatic nitrogens is 1. The van der Waals surface area contributed by atoms with Crippen LogP contribution in [0.3, 0.4) is 0 Å². The highest BCUT2D eigenvalue weighted by Crippen LogP contribution is 2.16. The standard InChI is InChI=1S/C20H15N3O3/c21-23-18(19(24)16-7-4-12-22-13-16)14-8-10-17(11-9-14)26-20(25)15-5-2-1-3-6-15/h1-13H,21H2/b23-18+. The monoisotopic (exact) mass is 345 g/mol. The first-order chi connectivity index (χ1) is 12.7. The van der Waals surface area contributed by atoms with E-state index in [1.165, 1.54) is 6.20 Å². The van der Waals surface area contributed by atoms with Gasteiger partial charge in [0.15, 0.2) is 0 Å². The summed E-state index contributed by atoms with van der Waals surface area (Å²) in [5.74, 6) is 4.95. The lowest BCUT2D eigenvalue weighted by Crippen LogP contribution is -2.18. The molecule has 0 saturated heterocycles. The van der Waals surface area contributed by atoms with E-state index in [4.69, 9.17) is 10.6 Å². The van der Waals surface area contributed by atoms with E-state index in [-0.39, 0.29) is 11.5 Å². The third kappa shape index (κ3) is 3.81. The Kier molecular flexibility index (Phi) is 5.14. The Hall–Kier alpha value is -3.80. The first-order valence-electron chi connectivity index (χ1n) is 7.79. The molecule has 0 unspecified atom stereocenters. The fourth-order valence-corrected chi connectivity index (χ4v) is 2.32. The van der Waals surface area contributed by atoms with Crippen molar-refractivity contribution in [1.82, 2.24) is 4.98 Å². The molecule has 0 saturated carbocycles. The number of ether oxygens (including phenoxy) is 1. The third-order valence-corrected chi connectivity index (χ3v) is 3.62. The summed E-state index contributed by atoms with van der Waals surface area (Å²) >= 11 is 0. The minimum Gasteiger partial charge on any atom is -0.423 e. The molecule has 6 heteroatoms. The molecule has 1 heterocycles. The van der Waals surface area contributed by atoms with Crippen molar-refractivity contribution in [3.05, 3.63) is 95.8 Å². The molecular formula is C20H15N3O3. The van der Waals surface area contributed by atoms with Crippen LogP contribution in [-0.4, -0.2) is 22.4 Å². The minimum atomic E-state index is -0.461. The maximum Gasteiger partial charge on any atom is 0.343 e. The Bertz CT molecular complexity index is 937. The first kappa shape index (κ1) is 17.0. The molecule has 6 nitrogen and oxygen atoms in total. The Morgan fingerprint density at radius 3 is 2.15 bits per heavy atom. The van der Waals surface area contributed by atoms with Crippen molar-refractivity contribution >= 4 is 17.5 Å². The molecule has 2 aromatic carbocycles. The topological polar surface area (TPSA) is 94.6 Å². The molecule has 0 bridgehead atoms. The molecule has 3 rings (SSSR count). The number of nitrogens with two attached hydrogens (primary N) is 1. The molecule has 128 valence electrons. The number of nitrogens with zero attached hydrogens (tertiary/aromatic N) is 2. The zero-order chi connectivity index (χ0) is 18.4. The number of esters is 1. The molecule has 3 aromatic rings. The van der Waals surface area contributed by atoms with Crippen molar-refractivity contribution in [2.45, 2.75) is 0 Å². The van der Waals surface area contributed by atoms with Gasteiger partial charge in [0.05, 0.1) is 5.56 Å². The number of pyridine rings is 1. The highest BCUT2D eigenvalue weighted by molar-refractivity contribution is 6.51. The summed E-state index contributed by atoms with van der Waals surface area (Å²) < 4.78 is 5.31. The van der Waals surface area contributed by atoms with Crippen molar-refractivity contribution in [2.75, 3.05) is 0 Å². The molecule has 0 spiro atoms. The minimum absolute atomic E-state index is 0.0962. The van der Waals surface area contributed by atoms with Crippen LogP contribution < -0.4 is 10.6 Å². The van der Waals surface area contributed by atoms with E-state index >= 15 is 0 Å². The van der Waals surface area contributed by atoms with Crippen LogP contribution in [0, 0.1) is 0 Å². The number of ketones is 1. The van der Waals surface area contributed by atoms with Crippen LogP contribution in [0.25, 0.3) is 0 Å². The molecule has 0 amide bonds. The second-order valence-electron chi connectivity index (χ2n) is 5.33. The number of carbonyl (C=O) groups is 2. The number of rotatable bonds is 5. The van der Waals surface area contributed by atoms with Gasteiger partial charge in [-0.2, -0.15) is 5.10 Å². The van der Waals surface area contributed by atoms with Gasteiger partial charge in [-0.3, -0.25) is 9.78 Å². The summed E-state index contributed by atoms with van der Waals surface area (Å²) in [6.45, 7) is 0. The van der Waals surface area contributed by atoms with E-state index in [2.05, 4.69) is 10.1 Å². The lowest BCUT2D eigenvalue weighted by Gasteiger charge is -2.07. The maximum atomic E-state index is 12.5. The number of hydrazone groups is 1. The van der Waals surface area contributed by atoms with E-state index in [1.54, 1.807) is 66.9 Å². The molecule has 0 aliphatic carbocycles. The number of carbonyl (C=O) groups excluding carboxylic acids is 2. The van der Waals surface area contributed by atoms with Crippen LogP contribution in [0.5, 0.6) is 5.75 Å². The van der Waals surface area contributed by atoms with E-state index in [1.807, 2.05) is 6.07 Å². The van der Waals surface area contributed by atoms with Crippen molar-refractivity contribution < 1.29 is 14.3 Å². The van der Waals surface area contributed by atoms with E-state index in [9.17, 15) is 9.59 Å². The Morgan fingerprint density at radius 2 is 1.54 bits per heavy atom. The lowest BCUT2D eigenvalue weighted by molar-refractivity contribution is 0.0734. The van der Waals surface area contributed by atoms with Crippen molar-refractivity contribution in [2.24, 2.45) is 10.9 Å². The van der Waals surface area contributed by atoms with Crippen LogP contribution in [0.4, 0.5) is 0 Å². The second-order valence-corrected chi connectivity index (χ2v) is 5.33.